The van der Waals surface area contributed by atoms with E-state index in [1.165, 1.54) is 21.7 Å². The predicted octanol–water partition coefficient (Wildman–Crippen LogP) is 5.32. The van der Waals surface area contributed by atoms with Crippen molar-refractivity contribution in [1.29, 1.82) is 0 Å². The van der Waals surface area contributed by atoms with E-state index in [1.54, 1.807) is 17.4 Å². The fourth-order valence-corrected chi connectivity index (χ4v) is 3.80. The maximum absolute atomic E-state index is 13.6. The first-order valence-corrected chi connectivity index (χ1v) is 8.56. The summed E-state index contributed by atoms with van der Waals surface area (Å²) in [5.74, 6) is -0.0978. The Morgan fingerprint density at radius 3 is 2.73 bits per heavy atom. The Balaban J connectivity index is 1.54. The standard InChI is InChI=1S/C19H20FNS/c1-14(17-13-22-19-11-5-3-9-16(17)19)21-12-6-8-15-7-2-4-10-18(15)20/h2-5,7,9-11,13-14,21H,6,8,12H2,1H3. The van der Waals surface area contributed by atoms with Crippen molar-refractivity contribution in [3.8, 4) is 0 Å². The van der Waals surface area contributed by atoms with Crippen LogP contribution in [0.5, 0.6) is 0 Å². The maximum Gasteiger partial charge on any atom is 0.126 e. The average molecular weight is 313 g/mol. The SMILES string of the molecule is CC(NCCCc1ccccc1F)c1csc2ccccc12. The van der Waals surface area contributed by atoms with Crippen molar-refractivity contribution >= 4 is 21.4 Å². The van der Waals surface area contributed by atoms with Crippen LogP contribution in [0.1, 0.15) is 30.5 Å². The molecule has 1 nitrogen and oxygen atoms in total. The number of fused-ring (bicyclic) bond motifs is 1. The van der Waals surface area contributed by atoms with Gasteiger partial charge in [-0.3, -0.25) is 0 Å². The molecule has 0 spiro atoms. The van der Waals surface area contributed by atoms with Gasteiger partial charge in [-0.05, 0) is 60.3 Å². The highest BCUT2D eigenvalue weighted by Crippen LogP contribution is 2.29. The number of halogens is 1. The average Bonchev–Trinajstić information content (AvgIpc) is 2.97. The summed E-state index contributed by atoms with van der Waals surface area (Å²) in [6.45, 7) is 3.08. The van der Waals surface area contributed by atoms with Crippen LogP contribution in [0.4, 0.5) is 4.39 Å². The van der Waals surface area contributed by atoms with Crippen molar-refractivity contribution in [2.75, 3.05) is 6.54 Å². The Hall–Kier alpha value is -1.71. The lowest BCUT2D eigenvalue weighted by atomic mass is 10.1. The van der Waals surface area contributed by atoms with E-state index in [0.29, 0.717) is 6.04 Å². The first-order chi connectivity index (χ1) is 10.8. The van der Waals surface area contributed by atoms with Gasteiger partial charge in [0.1, 0.15) is 5.82 Å². The van der Waals surface area contributed by atoms with E-state index >= 15 is 0 Å². The monoisotopic (exact) mass is 313 g/mol. The third-order valence-electron chi connectivity index (χ3n) is 4.01. The zero-order valence-electron chi connectivity index (χ0n) is 12.7. The topological polar surface area (TPSA) is 12.0 Å². The molecule has 3 rings (SSSR count). The molecule has 2 aromatic carbocycles. The summed E-state index contributed by atoms with van der Waals surface area (Å²) >= 11 is 1.79. The highest BCUT2D eigenvalue weighted by atomic mass is 32.1. The van der Waals surface area contributed by atoms with E-state index < -0.39 is 0 Å². The van der Waals surface area contributed by atoms with Crippen molar-refractivity contribution < 1.29 is 4.39 Å². The maximum atomic E-state index is 13.6. The molecule has 22 heavy (non-hydrogen) atoms. The van der Waals surface area contributed by atoms with Crippen LogP contribution in [0, 0.1) is 5.82 Å². The van der Waals surface area contributed by atoms with Crippen molar-refractivity contribution in [2.45, 2.75) is 25.8 Å². The van der Waals surface area contributed by atoms with Crippen molar-refractivity contribution in [1.82, 2.24) is 5.32 Å². The van der Waals surface area contributed by atoms with Gasteiger partial charge < -0.3 is 5.32 Å². The molecule has 1 aromatic heterocycles. The molecule has 1 unspecified atom stereocenters. The molecule has 0 saturated carbocycles. The largest absolute Gasteiger partial charge is 0.310 e. The molecule has 1 heterocycles. The summed E-state index contributed by atoms with van der Waals surface area (Å²) in [5, 5.41) is 7.12. The molecular formula is C19H20FNS. The first kappa shape index (κ1) is 15.2. The normalized spacial score (nSPS) is 12.6. The number of thiophene rings is 1. The lowest BCUT2D eigenvalue weighted by molar-refractivity contribution is 0.552. The Labute approximate surface area is 134 Å². The second-order valence-electron chi connectivity index (χ2n) is 5.56. The summed E-state index contributed by atoms with van der Waals surface area (Å²) in [7, 11) is 0. The molecule has 3 heteroatoms. The van der Waals surface area contributed by atoms with Crippen molar-refractivity contribution in [2.24, 2.45) is 0 Å². The van der Waals surface area contributed by atoms with E-state index in [1.807, 2.05) is 12.1 Å². The van der Waals surface area contributed by atoms with Crippen LogP contribution in [0.25, 0.3) is 10.1 Å². The smallest absolute Gasteiger partial charge is 0.126 e. The van der Waals surface area contributed by atoms with Crippen LogP contribution in [0.3, 0.4) is 0 Å². The van der Waals surface area contributed by atoms with Crippen LogP contribution in [0.15, 0.2) is 53.9 Å². The summed E-state index contributed by atoms with van der Waals surface area (Å²) in [4.78, 5) is 0. The number of aryl methyl sites for hydroxylation is 1. The van der Waals surface area contributed by atoms with Gasteiger partial charge in [0.2, 0.25) is 0 Å². The van der Waals surface area contributed by atoms with Gasteiger partial charge in [-0.2, -0.15) is 0 Å². The van der Waals surface area contributed by atoms with Gasteiger partial charge >= 0.3 is 0 Å². The number of hydrogen-bond donors (Lipinski definition) is 1. The van der Waals surface area contributed by atoms with Gasteiger partial charge in [0.25, 0.3) is 0 Å². The summed E-state index contributed by atoms with van der Waals surface area (Å²) in [6.07, 6.45) is 1.71. The van der Waals surface area contributed by atoms with Crippen LogP contribution in [-0.2, 0) is 6.42 Å². The van der Waals surface area contributed by atoms with Gasteiger partial charge in [-0.15, -0.1) is 11.3 Å². The van der Waals surface area contributed by atoms with Gasteiger partial charge in [0, 0.05) is 10.7 Å². The third-order valence-corrected chi connectivity index (χ3v) is 4.99. The zero-order valence-corrected chi connectivity index (χ0v) is 13.5. The molecule has 0 saturated heterocycles. The molecule has 114 valence electrons. The van der Waals surface area contributed by atoms with E-state index in [9.17, 15) is 4.39 Å². The molecule has 0 aliphatic rings. The molecule has 0 aliphatic carbocycles. The molecule has 0 radical (unpaired) electrons. The second kappa shape index (κ2) is 7.03. The van der Waals surface area contributed by atoms with E-state index in [2.05, 4.69) is 41.9 Å². The second-order valence-corrected chi connectivity index (χ2v) is 6.47. The third kappa shape index (κ3) is 3.37. The van der Waals surface area contributed by atoms with Gasteiger partial charge in [-0.1, -0.05) is 36.4 Å². The fraction of sp³-hybridized carbons (Fsp3) is 0.263. The quantitative estimate of drug-likeness (QED) is 0.607. The predicted molar refractivity (Wildman–Crippen MR) is 93.0 cm³/mol. The minimum atomic E-state index is -0.0978. The molecule has 3 aromatic rings. The molecule has 1 atom stereocenters. The van der Waals surface area contributed by atoms with Crippen molar-refractivity contribution in [3.05, 3.63) is 70.9 Å². The summed E-state index contributed by atoms with van der Waals surface area (Å²) in [6, 6.07) is 15.9. The molecule has 0 amide bonds. The molecule has 0 bridgehead atoms. The Morgan fingerprint density at radius 2 is 1.86 bits per heavy atom. The molecular weight excluding hydrogens is 293 g/mol. The van der Waals surface area contributed by atoms with Crippen LogP contribution < -0.4 is 5.32 Å². The lowest BCUT2D eigenvalue weighted by Crippen LogP contribution is -2.20. The van der Waals surface area contributed by atoms with E-state index in [4.69, 9.17) is 0 Å². The summed E-state index contributed by atoms with van der Waals surface area (Å²) < 4.78 is 14.9. The molecule has 1 N–H and O–H groups in total. The zero-order chi connectivity index (χ0) is 15.4. The highest BCUT2D eigenvalue weighted by Gasteiger charge is 2.10. The van der Waals surface area contributed by atoms with Crippen molar-refractivity contribution in [3.63, 3.8) is 0 Å². The van der Waals surface area contributed by atoms with Crippen LogP contribution in [0.2, 0.25) is 0 Å². The van der Waals surface area contributed by atoms with Crippen LogP contribution >= 0.6 is 11.3 Å². The molecule has 0 fully saturated rings. The first-order valence-electron chi connectivity index (χ1n) is 7.68. The Kier molecular flexibility index (Phi) is 4.86. The van der Waals surface area contributed by atoms with E-state index in [0.717, 1.165) is 24.9 Å². The van der Waals surface area contributed by atoms with E-state index in [-0.39, 0.29) is 5.82 Å². The Morgan fingerprint density at radius 1 is 1.09 bits per heavy atom. The summed E-state index contributed by atoms with van der Waals surface area (Å²) in [5.41, 5.74) is 2.16. The van der Waals surface area contributed by atoms with Gasteiger partial charge in [0.15, 0.2) is 0 Å². The highest BCUT2D eigenvalue weighted by molar-refractivity contribution is 7.17. The minimum Gasteiger partial charge on any atom is -0.310 e. The van der Waals surface area contributed by atoms with Gasteiger partial charge in [0.05, 0.1) is 0 Å². The minimum absolute atomic E-state index is 0.0978. The number of nitrogens with one attached hydrogen (secondary N) is 1. The Bertz CT molecular complexity index is 750. The number of rotatable bonds is 6. The number of benzene rings is 2. The lowest BCUT2D eigenvalue weighted by Gasteiger charge is -2.13. The molecule has 0 aliphatic heterocycles. The fourth-order valence-electron chi connectivity index (χ4n) is 2.74. The van der Waals surface area contributed by atoms with Gasteiger partial charge in [-0.25, -0.2) is 4.39 Å². The van der Waals surface area contributed by atoms with Crippen LogP contribution in [-0.4, -0.2) is 6.54 Å². The number of hydrogen-bond acceptors (Lipinski definition) is 2.